The number of carbonyl (C=O) groups is 1. The number of carbonyl (C=O) groups excluding carboxylic acids is 1. The van der Waals surface area contributed by atoms with Crippen molar-refractivity contribution in [1.82, 2.24) is 5.32 Å². The van der Waals surface area contributed by atoms with E-state index in [-0.39, 0.29) is 23.7 Å². The predicted octanol–water partition coefficient (Wildman–Crippen LogP) is 2.69. The third kappa shape index (κ3) is 6.85. The molecule has 0 fully saturated rings. The molecule has 0 aliphatic rings. The molecule has 0 aromatic heterocycles. The monoisotopic (exact) mass is 302 g/mol. The van der Waals surface area contributed by atoms with Gasteiger partial charge >= 0.3 is 0 Å². The summed E-state index contributed by atoms with van der Waals surface area (Å²) in [5.74, 6) is 0.781. The van der Waals surface area contributed by atoms with Crippen LogP contribution in [0, 0.1) is 5.41 Å². The van der Waals surface area contributed by atoms with Crippen LogP contribution in [0.25, 0.3) is 0 Å². The second-order valence-corrected chi connectivity index (χ2v) is 6.46. The zero-order chi connectivity index (χ0) is 13.6. The fraction of sp³-hybridized carbons (Fsp3) is 0.500. The SMILES string of the molecule is CC(C)(C)[C@H](N)C(=O)NCCSc1ccccc1.Cl. The van der Waals surface area contributed by atoms with Crippen molar-refractivity contribution in [2.24, 2.45) is 11.1 Å². The Bertz CT molecular complexity index is 379. The molecule has 0 aliphatic carbocycles. The van der Waals surface area contributed by atoms with E-state index in [1.807, 2.05) is 39.0 Å². The first-order chi connectivity index (χ1) is 8.41. The summed E-state index contributed by atoms with van der Waals surface area (Å²) in [6.07, 6.45) is 0. The highest BCUT2D eigenvalue weighted by Crippen LogP contribution is 2.18. The number of hydrogen-bond acceptors (Lipinski definition) is 3. The molecule has 0 saturated carbocycles. The summed E-state index contributed by atoms with van der Waals surface area (Å²) in [7, 11) is 0. The predicted molar refractivity (Wildman–Crippen MR) is 84.9 cm³/mol. The quantitative estimate of drug-likeness (QED) is 0.649. The Hall–Kier alpha value is -0.710. The first kappa shape index (κ1) is 18.3. The molecule has 1 atom stereocenters. The Morgan fingerprint density at radius 2 is 1.89 bits per heavy atom. The highest BCUT2D eigenvalue weighted by atomic mass is 35.5. The van der Waals surface area contributed by atoms with Gasteiger partial charge in [0.25, 0.3) is 0 Å². The molecule has 0 aliphatic heterocycles. The van der Waals surface area contributed by atoms with E-state index in [1.165, 1.54) is 4.90 Å². The molecular formula is C14H23ClN2OS. The third-order valence-corrected chi connectivity index (χ3v) is 3.64. The number of benzene rings is 1. The number of nitrogens with two attached hydrogens (primary N) is 1. The molecule has 0 bridgehead atoms. The lowest BCUT2D eigenvalue weighted by Gasteiger charge is -2.25. The Kier molecular flexibility index (Phi) is 8.14. The van der Waals surface area contributed by atoms with Gasteiger partial charge in [-0.25, -0.2) is 0 Å². The van der Waals surface area contributed by atoms with Crippen molar-refractivity contribution in [1.29, 1.82) is 0 Å². The normalized spacial score (nSPS) is 12.4. The van der Waals surface area contributed by atoms with Gasteiger partial charge in [-0.15, -0.1) is 24.2 Å². The Balaban J connectivity index is 0.00000324. The summed E-state index contributed by atoms with van der Waals surface area (Å²) < 4.78 is 0. The maximum atomic E-state index is 11.8. The minimum atomic E-state index is -0.459. The molecule has 1 aromatic rings. The number of halogens is 1. The second-order valence-electron chi connectivity index (χ2n) is 5.30. The summed E-state index contributed by atoms with van der Waals surface area (Å²) in [5, 5.41) is 2.87. The summed E-state index contributed by atoms with van der Waals surface area (Å²) in [4.78, 5) is 13.0. The van der Waals surface area contributed by atoms with Crippen molar-refractivity contribution in [3.63, 3.8) is 0 Å². The van der Waals surface area contributed by atoms with Gasteiger partial charge in [0.2, 0.25) is 5.91 Å². The van der Waals surface area contributed by atoms with Crippen LogP contribution in [0.4, 0.5) is 0 Å². The molecule has 19 heavy (non-hydrogen) atoms. The molecule has 0 spiro atoms. The fourth-order valence-electron chi connectivity index (χ4n) is 1.36. The van der Waals surface area contributed by atoms with Gasteiger partial charge in [-0.3, -0.25) is 4.79 Å². The van der Waals surface area contributed by atoms with Gasteiger partial charge in [-0.2, -0.15) is 0 Å². The molecule has 1 rings (SSSR count). The molecule has 0 heterocycles. The molecule has 0 unspecified atom stereocenters. The standard InChI is InChI=1S/C14H22N2OS.ClH/c1-14(2,3)12(15)13(17)16-9-10-18-11-7-5-4-6-8-11;/h4-8,12H,9-10,15H2,1-3H3,(H,16,17);1H/t12-;/m1./s1. The zero-order valence-electron chi connectivity index (χ0n) is 11.7. The summed E-state index contributed by atoms with van der Waals surface area (Å²) in [5.41, 5.74) is 5.67. The topological polar surface area (TPSA) is 55.1 Å². The average Bonchev–Trinajstić information content (AvgIpc) is 2.33. The smallest absolute Gasteiger partial charge is 0.237 e. The lowest BCUT2D eigenvalue weighted by molar-refractivity contribution is -0.124. The second kappa shape index (κ2) is 8.46. The molecule has 5 heteroatoms. The largest absolute Gasteiger partial charge is 0.354 e. The van der Waals surface area contributed by atoms with Crippen LogP contribution in [0.15, 0.2) is 35.2 Å². The lowest BCUT2D eigenvalue weighted by Crippen LogP contribution is -2.49. The van der Waals surface area contributed by atoms with Gasteiger partial charge in [0.1, 0.15) is 0 Å². The van der Waals surface area contributed by atoms with Crippen molar-refractivity contribution < 1.29 is 4.79 Å². The van der Waals surface area contributed by atoms with Crippen molar-refractivity contribution >= 4 is 30.1 Å². The van der Waals surface area contributed by atoms with E-state index < -0.39 is 6.04 Å². The van der Waals surface area contributed by atoms with Crippen molar-refractivity contribution in [2.45, 2.75) is 31.7 Å². The van der Waals surface area contributed by atoms with Gasteiger partial charge in [0, 0.05) is 17.2 Å². The molecule has 108 valence electrons. The molecular weight excluding hydrogens is 280 g/mol. The minimum absolute atomic E-state index is 0. The molecule has 3 nitrogen and oxygen atoms in total. The van der Waals surface area contributed by atoms with Crippen LogP contribution >= 0.6 is 24.2 Å². The third-order valence-electron chi connectivity index (χ3n) is 2.63. The van der Waals surface area contributed by atoms with Crippen LogP contribution in [0.2, 0.25) is 0 Å². The van der Waals surface area contributed by atoms with Gasteiger partial charge in [-0.05, 0) is 17.5 Å². The summed E-state index contributed by atoms with van der Waals surface area (Å²) in [6, 6.07) is 9.68. The molecule has 1 amide bonds. The number of thioether (sulfide) groups is 1. The first-order valence-electron chi connectivity index (χ1n) is 6.12. The van der Waals surface area contributed by atoms with Crippen LogP contribution in [-0.4, -0.2) is 24.2 Å². The van der Waals surface area contributed by atoms with Crippen molar-refractivity contribution in [3.8, 4) is 0 Å². The van der Waals surface area contributed by atoms with Gasteiger partial charge in [0.15, 0.2) is 0 Å². The first-order valence-corrected chi connectivity index (χ1v) is 7.11. The Labute approximate surface area is 126 Å². The van der Waals surface area contributed by atoms with E-state index >= 15 is 0 Å². The van der Waals surface area contributed by atoms with Gasteiger partial charge < -0.3 is 11.1 Å². The molecule has 0 radical (unpaired) electrons. The Morgan fingerprint density at radius 1 is 1.32 bits per heavy atom. The average molecular weight is 303 g/mol. The fourth-order valence-corrected chi connectivity index (χ4v) is 2.15. The minimum Gasteiger partial charge on any atom is -0.354 e. The van der Waals surface area contributed by atoms with E-state index in [1.54, 1.807) is 11.8 Å². The van der Waals surface area contributed by atoms with E-state index in [4.69, 9.17) is 5.73 Å². The van der Waals surface area contributed by atoms with Crippen molar-refractivity contribution in [2.75, 3.05) is 12.3 Å². The van der Waals surface area contributed by atoms with Gasteiger partial charge in [-0.1, -0.05) is 39.0 Å². The van der Waals surface area contributed by atoms with Crippen LogP contribution in [0.1, 0.15) is 20.8 Å². The zero-order valence-corrected chi connectivity index (χ0v) is 13.3. The van der Waals surface area contributed by atoms with E-state index in [9.17, 15) is 4.79 Å². The molecule has 1 aromatic carbocycles. The maximum Gasteiger partial charge on any atom is 0.237 e. The van der Waals surface area contributed by atoms with Gasteiger partial charge in [0.05, 0.1) is 6.04 Å². The van der Waals surface area contributed by atoms with E-state index in [2.05, 4.69) is 17.4 Å². The lowest BCUT2D eigenvalue weighted by atomic mass is 9.87. The summed E-state index contributed by atoms with van der Waals surface area (Å²) >= 11 is 1.73. The highest BCUT2D eigenvalue weighted by Gasteiger charge is 2.26. The van der Waals surface area contributed by atoms with Crippen LogP contribution in [0.3, 0.4) is 0 Å². The maximum absolute atomic E-state index is 11.8. The van der Waals surface area contributed by atoms with Crippen LogP contribution in [0.5, 0.6) is 0 Å². The molecule has 0 saturated heterocycles. The number of amides is 1. The number of nitrogens with one attached hydrogen (secondary N) is 1. The van der Waals surface area contributed by atoms with E-state index in [0.29, 0.717) is 6.54 Å². The van der Waals surface area contributed by atoms with Crippen molar-refractivity contribution in [3.05, 3.63) is 30.3 Å². The van der Waals surface area contributed by atoms with Crippen LogP contribution in [-0.2, 0) is 4.79 Å². The number of rotatable bonds is 5. The number of hydrogen-bond donors (Lipinski definition) is 2. The van der Waals surface area contributed by atoms with Crippen LogP contribution < -0.4 is 11.1 Å². The Morgan fingerprint density at radius 3 is 2.42 bits per heavy atom. The molecule has 3 N–H and O–H groups in total. The highest BCUT2D eigenvalue weighted by molar-refractivity contribution is 7.99. The van der Waals surface area contributed by atoms with E-state index in [0.717, 1.165) is 5.75 Å². The summed E-state index contributed by atoms with van der Waals surface area (Å²) in [6.45, 7) is 6.55.